The van der Waals surface area contributed by atoms with Crippen molar-refractivity contribution in [1.29, 1.82) is 0 Å². The van der Waals surface area contributed by atoms with Gasteiger partial charge in [-0.15, -0.1) is 0 Å². The Labute approximate surface area is 145 Å². The van der Waals surface area contributed by atoms with E-state index in [0.717, 1.165) is 12.3 Å². The van der Waals surface area contributed by atoms with E-state index in [1.165, 1.54) is 38.5 Å². The van der Waals surface area contributed by atoms with E-state index < -0.39 is 17.9 Å². The van der Waals surface area contributed by atoms with Crippen molar-refractivity contribution in [3.63, 3.8) is 0 Å². The first-order valence-electron chi connectivity index (χ1n) is 9.70. The van der Waals surface area contributed by atoms with Crippen molar-refractivity contribution < 1.29 is 14.7 Å². The molecule has 24 heavy (non-hydrogen) atoms. The molecule has 2 saturated carbocycles. The predicted molar refractivity (Wildman–Crippen MR) is 94.3 cm³/mol. The smallest absolute Gasteiger partial charge is 0.223 e. The van der Waals surface area contributed by atoms with E-state index >= 15 is 0 Å². The zero-order valence-corrected chi connectivity index (χ0v) is 15.0. The summed E-state index contributed by atoms with van der Waals surface area (Å²) in [6, 6.07) is 0.344. The van der Waals surface area contributed by atoms with Crippen molar-refractivity contribution >= 4 is 11.7 Å². The standard InChI is InChI=1S/C19H34N2O3/c1-13(7-8-14-5-3-2-4-6-14)21-12-18(23)15-9-10-17(22)16(11-15)19(20)24/h13-17,21-22H,2-12H2,1H3,(H2,20,24). The third kappa shape index (κ3) is 5.85. The van der Waals surface area contributed by atoms with Gasteiger partial charge < -0.3 is 16.2 Å². The highest BCUT2D eigenvalue weighted by molar-refractivity contribution is 5.84. The largest absolute Gasteiger partial charge is 0.392 e. The third-order valence-corrected chi connectivity index (χ3v) is 5.99. The molecule has 138 valence electrons. The Balaban J connectivity index is 1.67. The van der Waals surface area contributed by atoms with Crippen LogP contribution in [0, 0.1) is 17.8 Å². The second-order valence-electron chi connectivity index (χ2n) is 7.92. The van der Waals surface area contributed by atoms with E-state index in [4.69, 9.17) is 5.73 Å². The van der Waals surface area contributed by atoms with Crippen LogP contribution in [0.1, 0.15) is 71.1 Å². The molecule has 0 radical (unpaired) electrons. The highest BCUT2D eigenvalue weighted by Gasteiger charge is 2.35. The van der Waals surface area contributed by atoms with Gasteiger partial charge in [-0.05, 0) is 44.9 Å². The fourth-order valence-corrected chi connectivity index (χ4v) is 4.24. The normalized spacial score (nSPS) is 30.0. The molecule has 0 aromatic carbocycles. The number of nitrogens with two attached hydrogens (primary N) is 1. The lowest BCUT2D eigenvalue weighted by atomic mass is 9.77. The Morgan fingerprint density at radius 2 is 1.88 bits per heavy atom. The quantitative estimate of drug-likeness (QED) is 0.632. The average Bonchev–Trinajstić information content (AvgIpc) is 2.59. The van der Waals surface area contributed by atoms with Crippen molar-refractivity contribution in [2.45, 2.75) is 83.3 Å². The van der Waals surface area contributed by atoms with Crippen LogP contribution in [0.4, 0.5) is 0 Å². The number of primary amides is 1. The molecule has 5 nitrogen and oxygen atoms in total. The van der Waals surface area contributed by atoms with Crippen molar-refractivity contribution in [3.05, 3.63) is 0 Å². The molecule has 4 unspecified atom stereocenters. The van der Waals surface area contributed by atoms with Gasteiger partial charge in [-0.2, -0.15) is 0 Å². The molecule has 0 bridgehead atoms. The van der Waals surface area contributed by atoms with Gasteiger partial charge in [0.1, 0.15) is 5.78 Å². The maximum atomic E-state index is 12.4. The number of hydrogen-bond acceptors (Lipinski definition) is 4. The fraction of sp³-hybridized carbons (Fsp3) is 0.895. The summed E-state index contributed by atoms with van der Waals surface area (Å²) in [5, 5.41) is 13.2. The van der Waals surface area contributed by atoms with Gasteiger partial charge in [0.05, 0.1) is 18.6 Å². The van der Waals surface area contributed by atoms with Crippen molar-refractivity contribution in [1.82, 2.24) is 5.32 Å². The Morgan fingerprint density at radius 1 is 1.17 bits per heavy atom. The number of carbonyl (C=O) groups is 2. The molecule has 0 aliphatic heterocycles. The van der Waals surface area contributed by atoms with Crippen molar-refractivity contribution in [2.75, 3.05) is 6.54 Å². The predicted octanol–water partition coefficient (Wildman–Crippen LogP) is 2.16. The molecule has 2 rings (SSSR count). The Kier molecular flexibility index (Phi) is 7.69. The molecule has 2 fully saturated rings. The van der Waals surface area contributed by atoms with Crippen LogP contribution >= 0.6 is 0 Å². The molecule has 1 amide bonds. The first-order chi connectivity index (χ1) is 11.5. The molecular formula is C19H34N2O3. The number of ketones is 1. The number of carbonyl (C=O) groups excluding carboxylic acids is 2. The lowest BCUT2D eigenvalue weighted by molar-refractivity contribution is -0.131. The molecule has 0 aromatic heterocycles. The van der Waals surface area contributed by atoms with E-state index in [1.54, 1.807) is 0 Å². The van der Waals surface area contributed by atoms with Gasteiger partial charge in [-0.25, -0.2) is 0 Å². The molecule has 2 aliphatic rings. The van der Waals surface area contributed by atoms with E-state index in [2.05, 4.69) is 12.2 Å². The summed E-state index contributed by atoms with van der Waals surface area (Å²) >= 11 is 0. The van der Waals surface area contributed by atoms with E-state index in [0.29, 0.717) is 31.8 Å². The van der Waals surface area contributed by atoms with Gasteiger partial charge in [0.2, 0.25) is 5.91 Å². The molecule has 0 spiro atoms. The summed E-state index contributed by atoms with van der Waals surface area (Å²) in [6.45, 7) is 2.50. The lowest BCUT2D eigenvalue weighted by Gasteiger charge is -2.31. The number of nitrogens with one attached hydrogen (secondary N) is 1. The fourth-order valence-electron chi connectivity index (χ4n) is 4.24. The summed E-state index contributed by atoms with van der Waals surface area (Å²) in [6.07, 6.45) is 10.1. The van der Waals surface area contributed by atoms with Crippen LogP contribution in [-0.2, 0) is 9.59 Å². The number of aliphatic hydroxyl groups is 1. The number of Topliss-reactive ketones (excluding diaryl/α,β-unsaturated/α-hetero) is 1. The van der Waals surface area contributed by atoms with E-state index in [1.807, 2.05) is 0 Å². The zero-order valence-electron chi connectivity index (χ0n) is 15.0. The molecule has 4 atom stereocenters. The van der Waals surface area contributed by atoms with Crippen molar-refractivity contribution in [2.24, 2.45) is 23.5 Å². The first-order valence-corrected chi connectivity index (χ1v) is 9.70. The van der Waals surface area contributed by atoms with Gasteiger partial charge in [0.25, 0.3) is 0 Å². The van der Waals surface area contributed by atoms with Crippen LogP contribution in [0.2, 0.25) is 0 Å². The SMILES string of the molecule is CC(CCC1CCCCC1)NCC(=O)C1CCC(O)C(C(N)=O)C1. The summed E-state index contributed by atoms with van der Waals surface area (Å²) in [4.78, 5) is 23.8. The highest BCUT2D eigenvalue weighted by Crippen LogP contribution is 2.30. The Bertz CT molecular complexity index is 421. The second kappa shape index (κ2) is 9.52. The number of rotatable bonds is 8. The first kappa shape index (κ1) is 19.4. The third-order valence-electron chi connectivity index (χ3n) is 5.99. The molecule has 4 N–H and O–H groups in total. The minimum Gasteiger partial charge on any atom is -0.392 e. The number of amides is 1. The molecule has 5 heteroatoms. The summed E-state index contributed by atoms with van der Waals surface area (Å²) in [5.41, 5.74) is 5.33. The number of hydrogen-bond donors (Lipinski definition) is 3. The number of aliphatic hydroxyl groups excluding tert-OH is 1. The van der Waals surface area contributed by atoms with Gasteiger partial charge in [0.15, 0.2) is 0 Å². The maximum absolute atomic E-state index is 12.4. The van der Waals surface area contributed by atoms with Crippen molar-refractivity contribution in [3.8, 4) is 0 Å². The van der Waals surface area contributed by atoms with E-state index in [-0.39, 0.29) is 11.7 Å². The van der Waals surface area contributed by atoms with Crippen LogP contribution in [0.5, 0.6) is 0 Å². The minimum absolute atomic E-state index is 0.149. The zero-order chi connectivity index (χ0) is 17.5. The summed E-state index contributed by atoms with van der Waals surface area (Å²) < 4.78 is 0. The minimum atomic E-state index is -0.686. The average molecular weight is 338 g/mol. The van der Waals surface area contributed by atoms with Gasteiger partial charge in [-0.1, -0.05) is 32.1 Å². The van der Waals surface area contributed by atoms with Gasteiger partial charge >= 0.3 is 0 Å². The summed E-state index contributed by atoms with van der Waals surface area (Å²) in [5.74, 6) is -0.193. The Morgan fingerprint density at radius 3 is 2.54 bits per heavy atom. The Hall–Kier alpha value is -0.940. The molecule has 0 aromatic rings. The topological polar surface area (TPSA) is 92.4 Å². The lowest BCUT2D eigenvalue weighted by Crippen LogP contribution is -2.42. The van der Waals surface area contributed by atoms with E-state index in [9.17, 15) is 14.7 Å². The highest BCUT2D eigenvalue weighted by atomic mass is 16.3. The molecule has 2 aliphatic carbocycles. The van der Waals surface area contributed by atoms with Crippen LogP contribution in [0.15, 0.2) is 0 Å². The van der Waals surface area contributed by atoms with Gasteiger partial charge in [0, 0.05) is 12.0 Å². The molecular weight excluding hydrogens is 304 g/mol. The van der Waals surface area contributed by atoms with Crippen LogP contribution in [0.25, 0.3) is 0 Å². The summed E-state index contributed by atoms with van der Waals surface area (Å²) in [7, 11) is 0. The van der Waals surface area contributed by atoms with Crippen LogP contribution in [0.3, 0.4) is 0 Å². The second-order valence-corrected chi connectivity index (χ2v) is 7.92. The molecule has 0 saturated heterocycles. The van der Waals surface area contributed by atoms with Crippen LogP contribution in [-0.4, -0.2) is 35.5 Å². The monoisotopic (exact) mass is 338 g/mol. The van der Waals surface area contributed by atoms with Crippen LogP contribution < -0.4 is 11.1 Å². The van der Waals surface area contributed by atoms with Gasteiger partial charge in [-0.3, -0.25) is 9.59 Å². The molecule has 0 heterocycles. The maximum Gasteiger partial charge on any atom is 0.223 e.